The average Bonchev–Trinajstić information content (AvgIpc) is 2.82. The van der Waals surface area contributed by atoms with Gasteiger partial charge in [-0.15, -0.1) is 5.10 Å². The van der Waals surface area contributed by atoms with E-state index in [1.54, 1.807) is 12.1 Å². The van der Waals surface area contributed by atoms with Gasteiger partial charge in [-0.1, -0.05) is 40.7 Å². The van der Waals surface area contributed by atoms with Crippen molar-refractivity contribution in [3.05, 3.63) is 44.4 Å². The fourth-order valence-electron chi connectivity index (χ4n) is 1.70. The van der Waals surface area contributed by atoms with Crippen molar-refractivity contribution < 1.29 is 5.11 Å². The van der Waals surface area contributed by atoms with Gasteiger partial charge in [0.05, 0.1) is 26.7 Å². The molecule has 2 rings (SSSR count). The van der Waals surface area contributed by atoms with Crippen molar-refractivity contribution in [1.82, 2.24) is 9.59 Å². The van der Waals surface area contributed by atoms with Crippen molar-refractivity contribution >= 4 is 34.7 Å². The summed E-state index contributed by atoms with van der Waals surface area (Å²) < 4.78 is 3.87. The van der Waals surface area contributed by atoms with Crippen LogP contribution in [0.15, 0.2) is 18.2 Å². The molecule has 96 valence electrons. The highest BCUT2D eigenvalue weighted by Crippen LogP contribution is 2.27. The topological polar surface area (TPSA) is 46.0 Å². The molecule has 0 aliphatic carbocycles. The largest absolute Gasteiger partial charge is 0.387 e. The molecular formula is C12H12Cl2N2OS. The van der Waals surface area contributed by atoms with Crippen LogP contribution in [0.2, 0.25) is 10.0 Å². The fraction of sp³-hybridized carbons (Fsp3) is 0.333. The zero-order valence-corrected chi connectivity index (χ0v) is 12.1. The summed E-state index contributed by atoms with van der Waals surface area (Å²) in [5, 5.41) is 15.2. The SMILES string of the molecule is CCc1nnsc1C(O)Cc1ccc(Cl)c(Cl)c1. The Balaban J connectivity index is 2.16. The van der Waals surface area contributed by atoms with E-state index >= 15 is 0 Å². The van der Waals surface area contributed by atoms with Crippen LogP contribution in [0.25, 0.3) is 0 Å². The lowest BCUT2D eigenvalue weighted by Gasteiger charge is -2.10. The molecule has 3 nitrogen and oxygen atoms in total. The van der Waals surface area contributed by atoms with Crippen LogP contribution in [0, 0.1) is 0 Å². The Bertz CT molecular complexity index is 545. The van der Waals surface area contributed by atoms with Crippen LogP contribution in [0.1, 0.15) is 29.2 Å². The first-order chi connectivity index (χ1) is 8.61. The normalized spacial score (nSPS) is 12.7. The third-order valence-electron chi connectivity index (χ3n) is 2.64. The summed E-state index contributed by atoms with van der Waals surface area (Å²) in [7, 11) is 0. The number of aromatic nitrogens is 2. The van der Waals surface area contributed by atoms with Crippen LogP contribution in [-0.2, 0) is 12.8 Å². The Labute approximate surface area is 120 Å². The third kappa shape index (κ3) is 3.01. The number of rotatable bonds is 4. The maximum absolute atomic E-state index is 10.2. The Kier molecular flexibility index (Phi) is 4.56. The first-order valence-corrected chi connectivity index (χ1v) is 7.07. The van der Waals surface area contributed by atoms with Gasteiger partial charge in [-0.25, -0.2) is 0 Å². The molecular weight excluding hydrogens is 291 g/mol. The number of hydrogen-bond acceptors (Lipinski definition) is 4. The van der Waals surface area contributed by atoms with Gasteiger partial charge in [0.15, 0.2) is 0 Å². The molecule has 0 aliphatic heterocycles. The monoisotopic (exact) mass is 302 g/mol. The molecule has 0 radical (unpaired) electrons. The lowest BCUT2D eigenvalue weighted by atomic mass is 10.1. The standard InChI is InChI=1S/C12H12Cl2N2OS/c1-2-10-12(18-16-15-10)11(17)6-7-3-4-8(13)9(14)5-7/h3-5,11,17H,2,6H2,1H3. The Morgan fingerprint density at radius 3 is 2.78 bits per heavy atom. The van der Waals surface area contributed by atoms with Gasteiger partial charge < -0.3 is 5.11 Å². The van der Waals surface area contributed by atoms with Gasteiger partial charge in [0.25, 0.3) is 0 Å². The van der Waals surface area contributed by atoms with E-state index in [2.05, 4.69) is 9.59 Å². The molecule has 0 aliphatic rings. The van der Waals surface area contributed by atoms with Crippen LogP contribution in [-0.4, -0.2) is 14.7 Å². The van der Waals surface area contributed by atoms with Crippen molar-refractivity contribution in [2.24, 2.45) is 0 Å². The molecule has 0 spiro atoms. The highest BCUT2D eigenvalue weighted by atomic mass is 35.5. The maximum atomic E-state index is 10.2. The number of hydrogen-bond donors (Lipinski definition) is 1. The van der Waals surface area contributed by atoms with E-state index in [1.165, 1.54) is 11.5 Å². The highest BCUT2D eigenvalue weighted by Gasteiger charge is 2.16. The minimum absolute atomic E-state index is 0.480. The molecule has 0 bridgehead atoms. The van der Waals surface area contributed by atoms with Gasteiger partial charge in [0, 0.05) is 6.42 Å². The molecule has 1 aromatic heterocycles. The van der Waals surface area contributed by atoms with Gasteiger partial charge in [0.1, 0.15) is 0 Å². The lowest BCUT2D eigenvalue weighted by Crippen LogP contribution is -2.02. The Morgan fingerprint density at radius 1 is 1.33 bits per heavy atom. The summed E-state index contributed by atoms with van der Waals surface area (Å²) >= 11 is 13.0. The molecule has 0 fully saturated rings. The number of aryl methyl sites for hydroxylation is 1. The molecule has 18 heavy (non-hydrogen) atoms. The van der Waals surface area contributed by atoms with Crippen LogP contribution in [0.3, 0.4) is 0 Å². The molecule has 6 heteroatoms. The Hall–Kier alpha value is -0.680. The molecule has 1 aromatic carbocycles. The minimum atomic E-state index is -0.600. The van der Waals surface area contributed by atoms with Crippen molar-refractivity contribution in [3.63, 3.8) is 0 Å². The smallest absolute Gasteiger partial charge is 0.0957 e. The van der Waals surface area contributed by atoms with E-state index in [4.69, 9.17) is 23.2 Å². The fourth-order valence-corrected chi connectivity index (χ4v) is 2.74. The Morgan fingerprint density at radius 2 is 2.11 bits per heavy atom. The van der Waals surface area contributed by atoms with Crippen molar-refractivity contribution in [3.8, 4) is 0 Å². The van der Waals surface area contributed by atoms with Gasteiger partial charge >= 0.3 is 0 Å². The van der Waals surface area contributed by atoms with Crippen molar-refractivity contribution in [2.75, 3.05) is 0 Å². The van der Waals surface area contributed by atoms with E-state index in [0.717, 1.165) is 22.6 Å². The zero-order chi connectivity index (χ0) is 13.1. The second kappa shape index (κ2) is 5.97. The minimum Gasteiger partial charge on any atom is -0.387 e. The highest BCUT2D eigenvalue weighted by molar-refractivity contribution is 7.05. The van der Waals surface area contributed by atoms with E-state index in [0.29, 0.717) is 16.5 Å². The van der Waals surface area contributed by atoms with Crippen molar-refractivity contribution in [2.45, 2.75) is 25.9 Å². The molecule has 0 amide bonds. The zero-order valence-electron chi connectivity index (χ0n) is 9.73. The molecule has 1 unspecified atom stereocenters. The van der Waals surface area contributed by atoms with Crippen molar-refractivity contribution in [1.29, 1.82) is 0 Å². The van der Waals surface area contributed by atoms with Crippen LogP contribution >= 0.6 is 34.7 Å². The summed E-state index contributed by atoms with van der Waals surface area (Å²) in [4.78, 5) is 0.823. The van der Waals surface area contributed by atoms with Gasteiger partial charge in [-0.05, 0) is 35.6 Å². The number of aliphatic hydroxyl groups is 1. The average molecular weight is 303 g/mol. The number of aliphatic hydroxyl groups excluding tert-OH is 1. The first-order valence-electron chi connectivity index (χ1n) is 5.55. The van der Waals surface area contributed by atoms with Crippen LogP contribution in [0.4, 0.5) is 0 Å². The summed E-state index contributed by atoms with van der Waals surface area (Å²) in [6, 6.07) is 5.36. The van der Waals surface area contributed by atoms with Gasteiger partial charge in [-0.2, -0.15) is 0 Å². The quantitative estimate of drug-likeness (QED) is 0.937. The van der Waals surface area contributed by atoms with E-state index < -0.39 is 6.10 Å². The number of nitrogens with zero attached hydrogens (tertiary/aromatic N) is 2. The maximum Gasteiger partial charge on any atom is 0.0957 e. The van der Waals surface area contributed by atoms with Crippen LogP contribution < -0.4 is 0 Å². The molecule has 0 saturated carbocycles. The van der Waals surface area contributed by atoms with E-state index in [-0.39, 0.29) is 0 Å². The summed E-state index contributed by atoms with van der Waals surface area (Å²) in [5.41, 5.74) is 1.79. The first kappa shape index (κ1) is 13.7. The number of benzene rings is 1. The van der Waals surface area contributed by atoms with Gasteiger partial charge in [-0.3, -0.25) is 0 Å². The molecule has 0 saturated heterocycles. The van der Waals surface area contributed by atoms with Crippen LogP contribution in [0.5, 0.6) is 0 Å². The summed E-state index contributed by atoms with van der Waals surface area (Å²) in [6.45, 7) is 1.99. The second-order valence-corrected chi connectivity index (χ2v) is 5.51. The molecule has 1 heterocycles. The number of halogens is 2. The summed E-state index contributed by atoms with van der Waals surface area (Å²) in [6.07, 6.45) is 0.648. The molecule has 2 aromatic rings. The predicted molar refractivity (Wildman–Crippen MR) is 74.4 cm³/mol. The predicted octanol–water partition coefficient (Wildman–Crippen LogP) is 3.68. The molecule has 1 N–H and O–H groups in total. The second-order valence-electron chi connectivity index (χ2n) is 3.91. The van der Waals surface area contributed by atoms with Gasteiger partial charge in [0.2, 0.25) is 0 Å². The summed E-state index contributed by atoms with van der Waals surface area (Å²) in [5.74, 6) is 0. The van der Waals surface area contributed by atoms with E-state index in [9.17, 15) is 5.11 Å². The molecule has 1 atom stereocenters. The third-order valence-corrected chi connectivity index (χ3v) is 4.24. The van der Waals surface area contributed by atoms with E-state index in [1.807, 2.05) is 13.0 Å². The lowest BCUT2D eigenvalue weighted by molar-refractivity contribution is 0.181.